The van der Waals surface area contributed by atoms with Crippen LogP contribution in [0.1, 0.15) is 94.4 Å². The predicted octanol–water partition coefficient (Wildman–Crippen LogP) is 8.15. The maximum Gasteiger partial charge on any atom is 0.258 e. The van der Waals surface area contributed by atoms with Gasteiger partial charge in [-0.25, -0.2) is 0 Å². The van der Waals surface area contributed by atoms with Crippen LogP contribution in [-0.2, 0) is 13.9 Å². The maximum atomic E-state index is 12.1. The first kappa shape index (κ1) is 29.7. The molecule has 206 valence electrons. The minimum absolute atomic E-state index is 0.194. The summed E-state index contributed by atoms with van der Waals surface area (Å²) in [6.07, 6.45) is 5.70. The molecule has 2 bridgehead atoms. The Labute approximate surface area is 222 Å². The van der Waals surface area contributed by atoms with Gasteiger partial charge in [0, 0.05) is 29.8 Å². The molecule has 0 aromatic carbocycles. The molecule has 0 saturated heterocycles. The molecule has 1 N–H and O–H groups in total. The van der Waals surface area contributed by atoms with Crippen LogP contribution in [0.2, 0.25) is 16.6 Å². The third-order valence-electron chi connectivity index (χ3n) is 10.8. The van der Waals surface area contributed by atoms with Crippen molar-refractivity contribution in [3.63, 3.8) is 0 Å². The molecule has 5 unspecified atom stereocenters. The Morgan fingerprint density at radius 3 is 2.17 bits per heavy atom. The van der Waals surface area contributed by atoms with Gasteiger partial charge in [0.15, 0.2) is 0 Å². The lowest BCUT2D eigenvalue weighted by Gasteiger charge is -2.59. The van der Waals surface area contributed by atoms with E-state index in [1.807, 2.05) is 6.08 Å². The van der Waals surface area contributed by atoms with E-state index in [4.69, 9.17) is 20.5 Å². The number of aliphatic hydroxyl groups is 1. The van der Waals surface area contributed by atoms with Crippen LogP contribution in [0.5, 0.6) is 0 Å². The second-order valence-corrected chi connectivity index (χ2v) is 18.8. The molecule has 0 amide bonds. The Morgan fingerprint density at radius 1 is 1.08 bits per heavy atom. The summed E-state index contributed by atoms with van der Waals surface area (Å²) in [5.74, 6) is 1.51. The average molecular weight is 519 g/mol. The van der Waals surface area contributed by atoms with Crippen LogP contribution in [0.25, 0.3) is 0 Å². The van der Waals surface area contributed by atoms with Crippen molar-refractivity contribution in [3.05, 3.63) is 36.1 Å². The number of ether oxygens (including phenoxy) is 2. The highest BCUT2D eigenvalue weighted by Crippen LogP contribution is 2.68. The van der Waals surface area contributed by atoms with E-state index in [1.54, 1.807) is 7.11 Å². The normalized spacial score (nSPS) is 37.4. The van der Waals surface area contributed by atoms with Crippen LogP contribution in [0.15, 0.2) is 36.1 Å². The van der Waals surface area contributed by atoms with E-state index in [1.165, 1.54) is 11.3 Å². The van der Waals surface area contributed by atoms with Gasteiger partial charge in [-0.2, -0.15) is 0 Å². The second kappa shape index (κ2) is 10.4. The number of rotatable bonds is 9. The number of hydrogen-bond acceptors (Lipinski definition) is 4. The largest absolute Gasteiger partial charge is 0.546 e. The van der Waals surface area contributed by atoms with Crippen molar-refractivity contribution in [2.24, 2.45) is 22.2 Å². The molecule has 3 aliphatic carbocycles. The Balaban J connectivity index is 2.30. The van der Waals surface area contributed by atoms with E-state index in [9.17, 15) is 5.11 Å². The predicted molar refractivity (Wildman–Crippen MR) is 152 cm³/mol. The van der Waals surface area contributed by atoms with E-state index in [0.29, 0.717) is 29.0 Å². The van der Waals surface area contributed by atoms with Gasteiger partial charge in [-0.15, -0.1) is 6.58 Å². The zero-order valence-electron chi connectivity index (χ0n) is 24.9. The number of methoxy groups -OCH3 is 1. The molecule has 2 saturated carbocycles. The quantitative estimate of drug-likeness (QED) is 0.190. The molecular weight excluding hydrogens is 464 g/mol. The van der Waals surface area contributed by atoms with Gasteiger partial charge in [0.1, 0.15) is 6.79 Å². The summed E-state index contributed by atoms with van der Waals surface area (Å²) in [6, 6.07) is 0. The fourth-order valence-electron chi connectivity index (χ4n) is 8.57. The van der Waals surface area contributed by atoms with Crippen molar-refractivity contribution in [2.45, 2.75) is 123 Å². The smallest absolute Gasteiger partial charge is 0.258 e. The van der Waals surface area contributed by atoms with Gasteiger partial charge in [0.2, 0.25) is 0 Å². The van der Waals surface area contributed by atoms with Crippen molar-refractivity contribution in [1.29, 1.82) is 0 Å². The third kappa shape index (κ3) is 4.21. The highest BCUT2D eigenvalue weighted by Gasteiger charge is 2.63. The molecule has 0 heterocycles. The summed E-state index contributed by atoms with van der Waals surface area (Å²) in [4.78, 5) is 0. The molecule has 3 rings (SSSR count). The van der Waals surface area contributed by atoms with Crippen molar-refractivity contribution in [3.8, 4) is 0 Å². The summed E-state index contributed by atoms with van der Waals surface area (Å²) in [5, 5.41) is 12.1. The van der Waals surface area contributed by atoms with Crippen molar-refractivity contribution in [2.75, 3.05) is 13.9 Å². The van der Waals surface area contributed by atoms with Gasteiger partial charge in [-0.3, -0.25) is 0 Å². The summed E-state index contributed by atoms with van der Waals surface area (Å²) in [7, 11) is -0.501. The molecule has 6 atom stereocenters. The first-order valence-electron chi connectivity index (χ1n) is 14.2. The lowest BCUT2D eigenvalue weighted by molar-refractivity contribution is -0.124. The topological polar surface area (TPSA) is 47.9 Å². The van der Waals surface area contributed by atoms with Gasteiger partial charge in [-0.05, 0) is 59.4 Å². The van der Waals surface area contributed by atoms with E-state index in [2.05, 4.69) is 68.9 Å². The lowest BCUT2D eigenvalue weighted by Crippen LogP contribution is -2.56. The van der Waals surface area contributed by atoms with Crippen LogP contribution in [0, 0.1) is 22.2 Å². The zero-order chi connectivity index (χ0) is 27.3. The number of allylic oxidation sites excluding steroid dienone is 1. The van der Waals surface area contributed by atoms with Gasteiger partial charge in [0.25, 0.3) is 8.32 Å². The Morgan fingerprint density at radius 2 is 1.67 bits per heavy atom. The Hall–Kier alpha value is -0.883. The summed E-state index contributed by atoms with van der Waals surface area (Å²) in [5.41, 5.74) is 2.89. The van der Waals surface area contributed by atoms with Crippen molar-refractivity contribution >= 4 is 8.32 Å². The highest BCUT2D eigenvalue weighted by atomic mass is 28.4. The zero-order valence-corrected chi connectivity index (χ0v) is 25.9. The molecule has 4 nitrogen and oxygen atoms in total. The molecule has 0 radical (unpaired) electrons. The number of hydrogen-bond donors (Lipinski definition) is 1. The molecule has 0 aliphatic heterocycles. The molecule has 0 spiro atoms. The lowest BCUT2D eigenvalue weighted by atomic mass is 9.47. The van der Waals surface area contributed by atoms with E-state index >= 15 is 0 Å². The molecule has 2 fully saturated rings. The number of aliphatic hydroxyl groups excluding tert-OH is 1. The summed E-state index contributed by atoms with van der Waals surface area (Å²) in [6.45, 7) is 30.0. The summed E-state index contributed by atoms with van der Waals surface area (Å²) >= 11 is 0. The first-order valence-corrected chi connectivity index (χ1v) is 16.4. The van der Waals surface area contributed by atoms with Crippen LogP contribution in [-0.4, -0.2) is 39.5 Å². The molecule has 36 heavy (non-hydrogen) atoms. The average Bonchev–Trinajstić information content (AvgIpc) is 3.18. The highest BCUT2D eigenvalue weighted by molar-refractivity contribution is 6.77. The van der Waals surface area contributed by atoms with Crippen LogP contribution < -0.4 is 0 Å². The Bertz CT molecular complexity index is 854. The molecular formula is C31H54O4Si. The standard InChI is InChI=1S/C31H54O4Si/c1-13-29(10)18-26(32)30(11)23(8)14-16-31(24(9)28(29)34-19-33-12)17-15-25(27(30)31)35-36(20(2)3,21(4)5)22(6)7/h13,20-23,26,28,32H,1,9,14-19H2,2-8,10-12H3/t23?,26?,28?,29-,30?,31?/m1/s1. The monoisotopic (exact) mass is 518 g/mol. The van der Waals surface area contributed by atoms with Crippen molar-refractivity contribution in [1.82, 2.24) is 0 Å². The van der Waals surface area contributed by atoms with Crippen molar-refractivity contribution < 1.29 is 19.0 Å². The molecule has 0 aromatic rings. The van der Waals surface area contributed by atoms with Gasteiger partial charge in [-0.1, -0.05) is 75.0 Å². The van der Waals surface area contributed by atoms with Gasteiger partial charge < -0.3 is 19.0 Å². The van der Waals surface area contributed by atoms with Gasteiger partial charge >= 0.3 is 0 Å². The van der Waals surface area contributed by atoms with E-state index in [-0.39, 0.29) is 23.7 Å². The minimum atomic E-state index is -2.16. The molecule has 3 aliphatic rings. The SMILES string of the molecule is C=C[C@]1(C)CC(O)C2(C)C3=C(O[Si](C(C)C)(C(C)C)C(C)C)CCC3(CCC2C)C(=C)C1OCOC. The third-order valence-corrected chi connectivity index (χ3v) is 16.8. The summed E-state index contributed by atoms with van der Waals surface area (Å²) < 4.78 is 19.2. The van der Waals surface area contributed by atoms with Crippen LogP contribution >= 0.6 is 0 Å². The van der Waals surface area contributed by atoms with E-state index < -0.39 is 19.8 Å². The fraction of sp³-hybridized carbons (Fsp3) is 0.806. The fourth-order valence-corrected chi connectivity index (χ4v) is 13.9. The molecule has 5 heteroatoms. The van der Waals surface area contributed by atoms with E-state index in [0.717, 1.165) is 31.3 Å². The second-order valence-electron chi connectivity index (χ2n) is 13.4. The first-order chi connectivity index (χ1) is 16.7. The minimum Gasteiger partial charge on any atom is -0.546 e. The molecule has 0 aromatic heterocycles. The van der Waals surface area contributed by atoms with Crippen LogP contribution in [0.4, 0.5) is 0 Å². The van der Waals surface area contributed by atoms with Gasteiger partial charge in [0.05, 0.1) is 18.0 Å². The Kier molecular flexibility index (Phi) is 8.53. The van der Waals surface area contributed by atoms with Crippen LogP contribution in [0.3, 0.4) is 0 Å². The maximum absolute atomic E-state index is 12.1.